The Balaban J connectivity index is 2.14. The van der Waals surface area contributed by atoms with Crippen LogP contribution < -0.4 is 0 Å². The van der Waals surface area contributed by atoms with Gasteiger partial charge in [-0.2, -0.15) is 0 Å². The highest BCUT2D eigenvalue weighted by molar-refractivity contribution is 7.97. The quantitative estimate of drug-likeness (QED) is 0.411. The standard InChI is InChI=1S/C6H10NS/c1-2-4-7-5-3-6-8-7/h2,5H,1,3-4,6H2. The summed E-state index contributed by atoms with van der Waals surface area (Å²) in [7, 11) is 0. The second kappa shape index (κ2) is 3.15. The Hall–Kier alpha value is 0.0500. The topological polar surface area (TPSA) is 3.24 Å². The minimum Gasteiger partial charge on any atom is -0.242 e. The molecule has 0 aromatic carbocycles. The van der Waals surface area contributed by atoms with Gasteiger partial charge in [-0.05, 0) is 6.42 Å². The van der Waals surface area contributed by atoms with Gasteiger partial charge >= 0.3 is 0 Å². The number of hydrogen-bond acceptors (Lipinski definition) is 2. The molecule has 0 aliphatic carbocycles. The summed E-state index contributed by atoms with van der Waals surface area (Å²) in [5, 5.41) is 0. The lowest BCUT2D eigenvalue weighted by molar-refractivity contribution is 0.633. The van der Waals surface area contributed by atoms with Crippen molar-refractivity contribution in [3.63, 3.8) is 0 Å². The summed E-state index contributed by atoms with van der Waals surface area (Å²) in [6.45, 7) is 6.85. The van der Waals surface area contributed by atoms with Gasteiger partial charge in [-0.3, -0.25) is 0 Å². The van der Waals surface area contributed by atoms with E-state index in [4.69, 9.17) is 0 Å². The van der Waals surface area contributed by atoms with Crippen molar-refractivity contribution in [3.8, 4) is 0 Å². The Morgan fingerprint density at radius 2 is 2.75 bits per heavy atom. The molecule has 0 N–H and O–H groups in total. The van der Waals surface area contributed by atoms with Crippen molar-refractivity contribution >= 4 is 11.9 Å². The van der Waals surface area contributed by atoms with E-state index in [2.05, 4.69) is 17.4 Å². The van der Waals surface area contributed by atoms with Crippen LogP contribution in [-0.4, -0.2) is 16.6 Å². The molecule has 0 atom stereocenters. The van der Waals surface area contributed by atoms with Gasteiger partial charge in [0, 0.05) is 18.8 Å². The van der Waals surface area contributed by atoms with Crippen molar-refractivity contribution in [1.82, 2.24) is 4.31 Å². The van der Waals surface area contributed by atoms with E-state index < -0.39 is 0 Å². The molecule has 1 aliphatic rings. The minimum absolute atomic E-state index is 0.991. The first-order valence-corrected chi connectivity index (χ1v) is 3.71. The van der Waals surface area contributed by atoms with E-state index in [1.54, 1.807) is 0 Å². The zero-order chi connectivity index (χ0) is 5.82. The molecule has 0 amide bonds. The van der Waals surface area contributed by atoms with Gasteiger partial charge < -0.3 is 0 Å². The van der Waals surface area contributed by atoms with Gasteiger partial charge in [0.1, 0.15) is 0 Å². The zero-order valence-electron chi connectivity index (χ0n) is 4.84. The molecule has 1 nitrogen and oxygen atoms in total. The van der Waals surface area contributed by atoms with Crippen LogP contribution >= 0.6 is 11.9 Å². The summed E-state index contributed by atoms with van der Waals surface area (Å²) in [6, 6.07) is 0. The molecule has 0 aromatic rings. The lowest BCUT2D eigenvalue weighted by atomic mass is 10.5. The second-order valence-electron chi connectivity index (χ2n) is 1.69. The zero-order valence-corrected chi connectivity index (χ0v) is 5.66. The van der Waals surface area contributed by atoms with Crippen LogP contribution in [0.2, 0.25) is 0 Å². The van der Waals surface area contributed by atoms with Crippen LogP contribution in [0.15, 0.2) is 12.7 Å². The van der Waals surface area contributed by atoms with E-state index in [1.807, 2.05) is 18.0 Å². The van der Waals surface area contributed by atoms with Crippen molar-refractivity contribution in [1.29, 1.82) is 0 Å². The number of nitrogens with zero attached hydrogens (tertiary/aromatic N) is 1. The largest absolute Gasteiger partial charge is 0.242 e. The van der Waals surface area contributed by atoms with Crippen LogP contribution in [0.4, 0.5) is 0 Å². The van der Waals surface area contributed by atoms with E-state index >= 15 is 0 Å². The maximum Gasteiger partial charge on any atom is 0.0379 e. The third-order valence-electron chi connectivity index (χ3n) is 1.02. The van der Waals surface area contributed by atoms with E-state index in [9.17, 15) is 0 Å². The molecule has 0 aromatic heterocycles. The molecule has 1 aliphatic heterocycles. The lowest BCUT2D eigenvalue weighted by Gasteiger charge is -2.07. The Morgan fingerprint density at radius 1 is 1.88 bits per heavy atom. The fourth-order valence-electron chi connectivity index (χ4n) is 0.674. The maximum atomic E-state index is 3.65. The predicted molar refractivity (Wildman–Crippen MR) is 38.3 cm³/mol. The first kappa shape index (κ1) is 6.17. The molecule has 1 rings (SSSR count). The third kappa shape index (κ3) is 1.53. The Bertz CT molecular complexity index is 76.6. The summed E-state index contributed by atoms with van der Waals surface area (Å²) in [6.07, 6.45) is 3.15. The number of hydrogen-bond donors (Lipinski definition) is 0. The predicted octanol–water partition coefficient (Wildman–Crippen LogP) is 1.69. The Kier molecular flexibility index (Phi) is 2.43. The minimum atomic E-state index is 0.991. The fraction of sp³-hybridized carbons (Fsp3) is 0.500. The van der Waals surface area contributed by atoms with Crippen LogP contribution in [-0.2, 0) is 0 Å². The van der Waals surface area contributed by atoms with Gasteiger partial charge in [0.15, 0.2) is 0 Å². The highest BCUT2D eigenvalue weighted by atomic mass is 32.2. The van der Waals surface area contributed by atoms with Gasteiger partial charge in [-0.1, -0.05) is 18.0 Å². The van der Waals surface area contributed by atoms with Gasteiger partial charge in [0.25, 0.3) is 0 Å². The normalized spacial score (nSPS) is 21.5. The molecule has 0 spiro atoms. The molecule has 1 saturated heterocycles. The Morgan fingerprint density at radius 3 is 3.25 bits per heavy atom. The lowest BCUT2D eigenvalue weighted by Crippen LogP contribution is -2.05. The van der Waals surface area contributed by atoms with Crippen LogP contribution in [0.1, 0.15) is 6.42 Å². The highest BCUT2D eigenvalue weighted by Crippen LogP contribution is 2.22. The summed E-state index contributed by atoms with van der Waals surface area (Å²) in [5.74, 6) is 1.24. The van der Waals surface area contributed by atoms with Crippen molar-refractivity contribution < 1.29 is 0 Å². The average Bonchev–Trinajstić information content (AvgIpc) is 2.19. The SMILES string of the molecule is C=CCN1[CH]CCS1. The molecular weight excluding hydrogens is 118 g/mol. The molecule has 2 heteroatoms. The van der Waals surface area contributed by atoms with Crippen molar-refractivity contribution in [2.45, 2.75) is 6.42 Å². The molecule has 0 bridgehead atoms. The van der Waals surface area contributed by atoms with E-state index in [-0.39, 0.29) is 0 Å². The molecule has 1 heterocycles. The molecule has 0 saturated carbocycles. The second-order valence-corrected chi connectivity index (χ2v) is 2.83. The summed E-state index contributed by atoms with van der Waals surface area (Å²) < 4.78 is 2.22. The summed E-state index contributed by atoms with van der Waals surface area (Å²) in [4.78, 5) is 0. The maximum absolute atomic E-state index is 3.65. The summed E-state index contributed by atoms with van der Waals surface area (Å²) >= 11 is 1.87. The van der Waals surface area contributed by atoms with Crippen LogP contribution in [0.5, 0.6) is 0 Å². The first-order valence-electron chi connectivity index (χ1n) is 2.77. The summed E-state index contributed by atoms with van der Waals surface area (Å²) in [5.41, 5.74) is 0. The molecule has 1 radical (unpaired) electrons. The van der Waals surface area contributed by atoms with Gasteiger partial charge in [-0.25, -0.2) is 4.31 Å². The smallest absolute Gasteiger partial charge is 0.0379 e. The molecule has 0 unspecified atom stereocenters. The first-order chi connectivity index (χ1) is 3.93. The van der Waals surface area contributed by atoms with E-state index in [1.165, 1.54) is 12.2 Å². The highest BCUT2D eigenvalue weighted by Gasteiger charge is 2.09. The molecular formula is C6H10NS. The van der Waals surface area contributed by atoms with Crippen LogP contribution in [0.3, 0.4) is 0 Å². The molecule has 1 fully saturated rings. The van der Waals surface area contributed by atoms with Crippen molar-refractivity contribution in [2.24, 2.45) is 0 Å². The third-order valence-corrected chi connectivity index (χ3v) is 2.06. The van der Waals surface area contributed by atoms with Gasteiger partial charge in [0.05, 0.1) is 0 Å². The van der Waals surface area contributed by atoms with E-state index in [0.29, 0.717) is 0 Å². The van der Waals surface area contributed by atoms with Gasteiger partial charge in [0.2, 0.25) is 0 Å². The molecule has 8 heavy (non-hydrogen) atoms. The van der Waals surface area contributed by atoms with Crippen LogP contribution in [0.25, 0.3) is 0 Å². The monoisotopic (exact) mass is 128 g/mol. The Labute approximate surface area is 54.9 Å². The average molecular weight is 128 g/mol. The molecule has 45 valence electrons. The van der Waals surface area contributed by atoms with Crippen LogP contribution in [0, 0.1) is 6.54 Å². The fourth-order valence-corrected chi connectivity index (χ4v) is 1.54. The van der Waals surface area contributed by atoms with Crippen molar-refractivity contribution in [3.05, 3.63) is 19.2 Å². The van der Waals surface area contributed by atoms with Gasteiger partial charge in [-0.15, -0.1) is 6.58 Å². The number of rotatable bonds is 2. The van der Waals surface area contributed by atoms with Crippen molar-refractivity contribution in [2.75, 3.05) is 12.3 Å². The van der Waals surface area contributed by atoms with E-state index in [0.717, 1.165) is 6.54 Å².